The van der Waals surface area contributed by atoms with E-state index >= 15 is 0 Å². The van der Waals surface area contributed by atoms with Gasteiger partial charge in [0.1, 0.15) is 0 Å². The second-order valence-electron chi connectivity index (χ2n) is 8.04. The minimum Gasteiger partial charge on any atom is -0.334 e. The molecule has 2 N–H and O–H groups in total. The average Bonchev–Trinajstić information content (AvgIpc) is 3.05. The molecule has 0 unspecified atom stereocenters. The quantitative estimate of drug-likeness (QED) is 0.643. The van der Waals surface area contributed by atoms with Gasteiger partial charge in [-0.15, -0.1) is 10.1 Å². The fourth-order valence-corrected chi connectivity index (χ4v) is 3.76. The van der Waals surface area contributed by atoms with E-state index in [1.807, 2.05) is 87.6 Å². The van der Waals surface area contributed by atoms with Crippen molar-refractivity contribution in [1.29, 1.82) is 0 Å². The largest absolute Gasteiger partial charge is 0.334 e. The molecule has 0 saturated carbocycles. The van der Waals surface area contributed by atoms with Crippen molar-refractivity contribution in [3.8, 4) is 0 Å². The molecule has 0 spiro atoms. The molecule has 3 aromatic carbocycles. The van der Waals surface area contributed by atoms with Gasteiger partial charge in [-0.05, 0) is 44.5 Å². The highest BCUT2D eigenvalue weighted by molar-refractivity contribution is 5.98. The normalized spacial score (nSPS) is 19.3. The number of nitrogens with one attached hydrogen (secondary N) is 2. The minimum atomic E-state index is -0.725. The lowest BCUT2D eigenvalue weighted by molar-refractivity contribution is -0.596. The third kappa shape index (κ3) is 4.40. The van der Waals surface area contributed by atoms with Gasteiger partial charge in [0.25, 0.3) is 5.91 Å². The SMILES string of the molecule is Cc1ccc(C(=O)N[C@H]2C(=O)N/[N+](=C\c3ccccc3C)[C@H]2c2ccc(C)cc2)cc1. The van der Waals surface area contributed by atoms with Crippen LogP contribution < -0.4 is 10.7 Å². The first kappa shape index (κ1) is 20.5. The lowest BCUT2D eigenvalue weighted by Crippen LogP contribution is -2.42. The molecule has 0 aliphatic carbocycles. The van der Waals surface area contributed by atoms with Crippen LogP contribution in [0.5, 0.6) is 0 Å². The first-order valence-electron chi connectivity index (χ1n) is 10.4. The van der Waals surface area contributed by atoms with Gasteiger partial charge >= 0.3 is 5.91 Å². The Labute approximate surface area is 182 Å². The number of benzene rings is 3. The van der Waals surface area contributed by atoms with Crippen LogP contribution in [0, 0.1) is 20.8 Å². The zero-order valence-electron chi connectivity index (χ0n) is 17.9. The maximum absolute atomic E-state index is 12.9. The van der Waals surface area contributed by atoms with Gasteiger partial charge in [-0.3, -0.25) is 9.59 Å². The van der Waals surface area contributed by atoms with Gasteiger partial charge < -0.3 is 5.32 Å². The number of carbonyl (C=O) groups is 2. The molecule has 2 atom stereocenters. The van der Waals surface area contributed by atoms with E-state index in [9.17, 15) is 9.59 Å². The highest BCUT2D eigenvalue weighted by Crippen LogP contribution is 2.26. The molecule has 3 aromatic rings. The first-order chi connectivity index (χ1) is 14.9. The second-order valence-corrected chi connectivity index (χ2v) is 8.04. The van der Waals surface area contributed by atoms with Crippen molar-refractivity contribution in [2.75, 3.05) is 0 Å². The van der Waals surface area contributed by atoms with Gasteiger partial charge in [-0.25, -0.2) is 0 Å². The number of aryl methyl sites for hydroxylation is 3. The summed E-state index contributed by atoms with van der Waals surface area (Å²) in [6.45, 7) is 6.02. The summed E-state index contributed by atoms with van der Waals surface area (Å²) < 4.78 is 1.80. The van der Waals surface area contributed by atoms with Crippen molar-refractivity contribution in [1.82, 2.24) is 10.7 Å². The molecule has 0 bridgehead atoms. The van der Waals surface area contributed by atoms with E-state index in [1.54, 1.807) is 16.8 Å². The molecule has 5 nitrogen and oxygen atoms in total. The summed E-state index contributed by atoms with van der Waals surface area (Å²) in [5.74, 6) is -0.508. The Morgan fingerprint density at radius 2 is 1.52 bits per heavy atom. The van der Waals surface area contributed by atoms with Gasteiger partial charge in [0, 0.05) is 16.7 Å². The van der Waals surface area contributed by atoms with Crippen molar-refractivity contribution in [3.05, 3.63) is 106 Å². The Kier molecular flexibility index (Phi) is 5.67. The molecule has 1 heterocycles. The molecule has 5 heteroatoms. The summed E-state index contributed by atoms with van der Waals surface area (Å²) in [5.41, 5.74) is 8.73. The lowest BCUT2D eigenvalue weighted by Gasteiger charge is -2.15. The lowest BCUT2D eigenvalue weighted by atomic mass is 9.98. The fourth-order valence-electron chi connectivity index (χ4n) is 3.76. The Morgan fingerprint density at radius 3 is 2.16 bits per heavy atom. The minimum absolute atomic E-state index is 0.240. The van der Waals surface area contributed by atoms with Gasteiger partial charge in [0.05, 0.1) is 0 Å². The van der Waals surface area contributed by atoms with Crippen molar-refractivity contribution in [3.63, 3.8) is 0 Å². The number of hydrazine groups is 1. The monoisotopic (exact) mass is 412 g/mol. The molecule has 0 radical (unpaired) electrons. The molecule has 0 aromatic heterocycles. The van der Waals surface area contributed by atoms with Crippen LogP contribution in [-0.4, -0.2) is 28.8 Å². The van der Waals surface area contributed by atoms with Gasteiger partial charge in [0.15, 0.2) is 6.04 Å². The number of amides is 2. The third-order valence-corrected chi connectivity index (χ3v) is 5.62. The Balaban J connectivity index is 1.71. The average molecular weight is 413 g/mol. The molecule has 1 fully saturated rings. The number of hydrazone groups is 1. The molecule has 31 heavy (non-hydrogen) atoms. The number of hydrogen-bond donors (Lipinski definition) is 2. The van der Waals surface area contributed by atoms with Crippen molar-refractivity contribution in [2.24, 2.45) is 0 Å². The summed E-state index contributed by atoms with van der Waals surface area (Å²) in [5, 5.41) is 2.95. The highest BCUT2D eigenvalue weighted by atomic mass is 16.2. The van der Waals surface area contributed by atoms with Crippen LogP contribution in [0.25, 0.3) is 0 Å². The Bertz CT molecular complexity index is 1150. The fraction of sp³-hybridized carbons (Fsp3) is 0.192. The van der Waals surface area contributed by atoms with Crippen LogP contribution in [0.3, 0.4) is 0 Å². The molecule has 1 aliphatic rings. The van der Waals surface area contributed by atoms with Crippen LogP contribution in [0.15, 0.2) is 72.8 Å². The zero-order chi connectivity index (χ0) is 22.0. The summed E-state index contributed by atoms with van der Waals surface area (Å²) in [6.07, 6.45) is 1.93. The van der Waals surface area contributed by atoms with E-state index in [0.29, 0.717) is 5.56 Å². The molecule has 2 amide bonds. The highest BCUT2D eigenvalue weighted by Gasteiger charge is 2.47. The molecule has 4 rings (SSSR count). The van der Waals surface area contributed by atoms with Crippen LogP contribution in [-0.2, 0) is 4.79 Å². The Morgan fingerprint density at radius 1 is 0.903 bits per heavy atom. The number of carbonyl (C=O) groups excluding carboxylic acids is 2. The summed E-state index contributed by atoms with van der Waals surface area (Å²) >= 11 is 0. The summed E-state index contributed by atoms with van der Waals surface area (Å²) in [7, 11) is 0. The van der Waals surface area contributed by atoms with E-state index in [2.05, 4.69) is 10.7 Å². The maximum atomic E-state index is 12.9. The first-order valence-corrected chi connectivity index (χ1v) is 10.4. The topological polar surface area (TPSA) is 61.2 Å². The zero-order valence-corrected chi connectivity index (χ0v) is 17.9. The third-order valence-electron chi connectivity index (χ3n) is 5.62. The second kappa shape index (κ2) is 8.56. The van der Waals surface area contributed by atoms with Gasteiger partial charge in [-0.1, -0.05) is 65.7 Å². The van der Waals surface area contributed by atoms with E-state index in [0.717, 1.165) is 27.8 Å². The predicted molar refractivity (Wildman–Crippen MR) is 121 cm³/mol. The molecule has 1 saturated heterocycles. The maximum Gasteiger partial charge on any atom is 0.304 e. The standard InChI is InChI=1S/C26H25N3O2/c1-17-8-12-20(13-9-17)24-23(27-25(30)21-14-10-18(2)11-15-21)26(31)28-29(24)16-22-7-5-4-6-19(22)3/h4-16,23-24H,1-3H3,(H-,27,28,30,31)/p+1/b29-16-/t23-,24+/m1/s1. The van der Waals surface area contributed by atoms with Crippen molar-refractivity contribution < 1.29 is 14.3 Å². The molecular weight excluding hydrogens is 386 g/mol. The van der Waals surface area contributed by atoms with Gasteiger partial charge in [-0.2, -0.15) is 0 Å². The smallest absolute Gasteiger partial charge is 0.304 e. The molecule has 1 aliphatic heterocycles. The number of hydrogen-bond acceptors (Lipinski definition) is 2. The van der Waals surface area contributed by atoms with Crippen LogP contribution >= 0.6 is 0 Å². The molecular formula is C26H26N3O2+. The number of nitrogens with zero attached hydrogens (tertiary/aromatic N) is 1. The summed E-state index contributed by atoms with van der Waals surface area (Å²) in [4.78, 5) is 25.8. The van der Waals surface area contributed by atoms with Crippen LogP contribution in [0.4, 0.5) is 0 Å². The van der Waals surface area contributed by atoms with Crippen LogP contribution in [0.2, 0.25) is 0 Å². The van der Waals surface area contributed by atoms with E-state index in [1.165, 1.54) is 0 Å². The van der Waals surface area contributed by atoms with Gasteiger partial charge in [0.2, 0.25) is 12.3 Å². The van der Waals surface area contributed by atoms with E-state index < -0.39 is 6.04 Å². The van der Waals surface area contributed by atoms with Crippen LogP contribution in [0.1, 0.15) is 44.2 Å². The summed E-state index contributed by atoms with van der Waals surface area (Å²) in [6, 6.07) is 22.3. The Hall–Kier alpha value is -3.73. The van der Waals surface area contributed by atoms with E-state index in [4.69, 9.17) is 0 Å². The predicted octanol–water partition coefficient (Wildman–Crippen LogP) is 3.63. The molecule has 156 valence electrons. The number of rotatable bonds is 4. The van der Waals surface area contributed by atoms with Crippen molar-refractivity contribution in [2.45, 2.75) is 32.9 Å². The van der Waals surface area contributed by atoms with Crippen molar-refractivity contribution >= 4 is 18.0 Å². The van der Waals surface area contributed by atoms with E-state index in [-0.39, 0.29) is 17.9 Å².